The van der Waals surface area contributed by atoms with E-state index in [9.17, 15) is 14.9 Å². The molecule has 0 radical (unpaired) electrons. The summed E-state index contributed by atoms with van der Waals surface area (Å²) in [4.78, 5) is 29.9. The van der Waals surface area contributed by atoms with Crippen LogP contribution in [-0.4, -0.2) is 51.0 Å². The molecule has 8 heteroatoms. The minimum Gasteiger partial charge on any atom is -0.336 e. The first kappa shape index (κ1) is 18.1. The van der Waals surface area contributed by atoms with Gasteiger partial charge in [-0.15, -0.1) is 0 Å². The van der Waals surface area contributed by atoms with Gasteiger partial charge in [-0.1, -0.05) is 6.92 Å². The van der Waals surface area contributed by atoms with Crippen LogP contribution in [0.3, 0.4) is 0 Å². The molecule has 2 heterocycles. The van der Waals surface area contributed by atoms with Crippen LogP contribution in [0.15, 0.2) is 36.9 Å². The lowest BCUT2D eigenvalue weighted by Gasteiger charge is -2.34. The fourth-order valence-electron chi connectivity index (χ4n) is 3.40. The first-order valence-corrected chi connectivity index (χ1v) is 8.90. The molecule has 1 aliphatic rings. The minimum atomic E-state index is -0.458. The lowest BCUT2D eigenvalue weighted by Crippen LogP contribution is -2.46. The molecule has 1 aromatic heterocycles. The number of nitrogens with one attached hydrogen (secondary N) is 1. The number of hydrogen-bond acceptors (Lipinski definition) is 5. The number of amides is 1. The second-order valence-electron chi connectivity index (χ2n) is 6.41. The predicted octanol–water partition coefficient (Wildman–Crippen LogP) is 2.38. The van der Waals surface area contributed by atoms with Crippen LogP contribution >= 0.6 is 0 Å². The molecule has 1 fully saturated rings. The first-order valence-electron chi connectivity index (χ1n) is 8.90. The summed E-state index contributed by atoms with van der Waals surface area (Å²) in [5, 5.41) is 14.8. The summed E-state index contributed by atoms with van der Waals surface area (Å²) >= 11 is 0. The number of nitrogens with zero attached hydrogens (tertiary/aromatic N) is 4. The molecule has 0 bridgehead atoms. The van der Waals surface area contributed by atoms with Crippen LogP contribution < -0.4 is 5.32 Å². The van der Waals surface area contributed by atoms with Gasteiger partial charge < -0.3 is 14.8 Å². The topological polar surface area (TPSA) is 93.3 Å². The predicted molar refractivity (Wildman–Crippen MR) is 97.4 cm³/mol. The summed E-state index contributed by atoms with van der Waals surface area (Å²) in [6, 6.07) is 4.83. The van der Waals surface area contributed by atoms with Gasteiger partial charge in [0.2, 0.25) is 0 Å². The second-order valence-corrected chi connectivity index (χ2v) is 6.41. The lowest BCUT2D eigenvalue weighted by molar-refractivity contribution is -0.384. The molecule has 1 N–H and O–H groups in total. The first-order chi connectivity index (χ1) is 12.6. The molecule has 0 aliphatic carbocycles. The van der Waals surface area contributed by atoms with E-state index in [1.165, 1.54) is 12.4 Å². The maximum atomic E-state index is 13.1. The Kier molecular flexibility index (Phi) is 5.62. The fourth-order valence-corrected chi connectivity index (χ4v) is 3.40. The number of carbonyl (C=O) groups is 1. The highest BCUT2D eigenvalue weighted by Crippen LogP contribution is 2.26. The molecule has 138 valence electrons. The summed E-state index contributed by atoms with van der Waals surface area (Å²) in [6.07, 6.45) is 7.36. The lowest BCUT2D eigenvalue weighted by atomic mass is 10.0. The van der Waals surface area contributed by atoms with Crippen molar-refractivity contribution >= 4 is 11.6 Å². The van der Waals surface area contributed by atoms with Crippen LogP contribution in [0.4, 0.5) is 5.69 Å². The SMILES string of the molecule is CCCN(C(=O)c1ccc(-n2ccnc2)c([N+](=O)[O-])c1)C1CCNCC1. The Morgan fingerprint density at radius 1 is 1.42 bits per heavy atom. The standard InChI is InChI=1S/C18H23N5O3/c1-2-10-22(15-5-7-19-8-6-15)18(24)14-3-4-16(17(12-14)23(25)26)21-11-9-20-13-21/h3-4,9,11-13,15,19H,2,5-8,10H2,1H3. The van der Waals surface area contributed by atoms with Gasteiger partial charge in [0.05, 0.1) is 11.3 Å². The number of benzene rings is 1. The van der Waals surface area contributed by atoms with Crippen LogP contribution in [0.5, 0.6) is 0 Å². The minimum absolute atomic E-state index is 0.101. The molecular weight excluding hydrogens is 334 g/mol. The van der Waals surface area contributed by atoms with E-state index >= 15 is 0 Å². The Morgan fingerprint density at radius 2 is 2.19 bits per heavy atom. The van der Waals surface area contributed by atoms with Crippen LogP contribution in [0.25, 0.3) is 5.69 Å². The number of nitro groups is 1. The molecule has 1 aromatic carbocycles. The van der Waals surface area contributed by atoms with Gasteiger partial charge in [0.1, 0.15) is 5.69 Å². The van der Waals surface area contributed by atoms with Gasteiger partial charge in [-0.3, -0.25) is 14.9 Å². The van der Waals surface area contributed by atoms with E-state index < -0.39 is 4.92 Å². The average Bonchev–Trinajstić information content (AvgIpc) is 3.20. The summed E-state index contributed by atoms with van der Waals surface area (Å²) in [5.41, 5.74) is 0.649. The third-order valence-corrected chi connectivity index (χ3v) is 4.68. The molecule has 2 aromatic rings. The van der Waals surface area contributed by atoms with Gasteiger partial charge >= 0.3 is 0 Å². The number of hydrogen-bond donors (Lipinski definition) is 1. The van der Waals surface area contributed by atoms with Crippen molar-refractivity contribution in [3.8, 4) is 5.69 Å². The summed E-state index contributed by atoms with van der Waals surface area (Å²) in [7, 11) is 0. The number of imidazole rings is 1. The molecule has 0 spiro atoms. The maximum absolute atomic E-state index is 13.1. The van der Waals surface area contributed by atoms with Gasteiger partial charge in [0.15, 0.2) is 0 Å². The number of rotatable bonds is 6. The van der Waals surface area contributed by atoms with Crippen LogP contribution in [0, 0.1) is 10.1 Å². The molecule has 1 aliphatic heterocycles. The van der Waals surface area contributed by atoms with Crippen LogP contribution in [0.2, 0.25) is 0 Å². The van der Waals surface area contributed by atoms with E-state index in [1.807, 2.05) is 11.8 Å². The quantitative estimate of drug-likeness (QED) is 0.633. The highest BCUT2D eigenvalue weighted by atomic mass is 16.6. The van der Waals surface area contributed by atoms with Crippen molar-refractivity contribution in [1.82, 2.24) is 19.8 Å². The zero-order valence-corrected chi connectivity index (χ0v) is 14.8. The Labute approximate surface area is 152 Å². The van der Waals surface area contributed by atoms with E-state index in [4.69, 9.17) is 0 Å². The monoisotopic (exact) mass is 357 g/mol. The molecule has 3 rings (SSSR count). The fraction of sp³-hybridized carbons (Fsp3) is 0.444. The molecule has 0 atom stereocenters. The highest BCUT2D eigenvalue weighted by Gasteiger charge is 2.27. The van der Waals surface area contributed by atoms with Crippen molar-refractivity contribution in [3.05, 3.63) is 52.6 Å². The molecular formula is C18H23N5O3. The summed E-state index contributed by atoms with van der Waals surface area (Å²) in [6.45, 7) is 4.46. The van der Waals surface area contributed by atoms with E-state index in [0.29, 0.717) is 17.8 Å². The number of carbonyl (C=O) groups excluding carboxylic acids is 1. The number of piperidine rings is 1. The second kappa shape index (κ2) is 8.09. The van der Waals surface area contributed by atoms with Gasteiger partial charge in [-0.2, -0.15) is 0 Å². The zero-order valence-electron chi connectivity index (χ0n) is 14.8. The summed E-state index contributed by atoms with van der Waals surface area (Å²) in [5.74, 6) is -0.140. The largest absolute Gasteiger partial charge is 0.336 e. The van der Waals surface area contributed by atoms with Gasteiger partial charge in [-0.05, 0) is 44.5 Å². The maximum Gasteiger partial charge on any atom is 0.294 e. The van der Waals surface area contributed by atoms with Crippen LogP contribution in [-0.2, 0) is 0 Å². The number of aromatic nitrogens is 2. The van der Waals surface area contributed by atoms with Gasteiger partial charge in [0, 0.05) is 36.6 Å². The van der Waals surface area contributed by atoms with Crippen molar-refractivity contribution in [2.45, 2.75) is 32.2 Å². The normalized spacial score (nSPS) is 15.0. The van der Waals surface area contributed by atoms with E-state index in [-0.39, 0.29) is 17.6 Å². The molecule has 1 saturated heterocycles. The smallest absolute Gasteiger partial charge is 0.294 e. The van der Waals surface area contributed by atoms with Crippen molar-refractivity contribution in [3.63, 3.8) is 0 Å². The van der Waals surface area contributed by atoms with Crippen molar-refractivity contribution in [1.29, 1.82) is 0 Å². The van der Waals surface area contributed by atoms with Crippen molar-refractivity contribution in [2.75, 3.05) is 19.6 Å². The molecule has 1 amide bonds. The Bertz CT molecular complexity index is 769. The summed E-state index contributed by atoms with van der Waals surface area (Å²) < 4.78 is 1.57. The van der Waals surface area contributed by atoms with E-state index in [0.717, 1.165) is 32.4 Å². The third kappa shape index (κ3) is 3.75. The molecule has 0 saturated carbocycles. The van der Waals surface area contributed by atoms with Gasteiger partial charge in [0.25, 0.3) is 11.6 Å². The Balaban J connectivity index is 1.92. The van der Waals surface area contributed by atoms with Crippen molar-refractivity contribution in [2.24, 2.45) is 0 Å². The van der Waals surface area contributed by atoms with E-state index in [1.54, 1.807) is 29.1 Å². The van der Waals surface area contributed by atoms with Crippen molar-refractivity contribution < 1.29 is 9.72 Å². The molecule has 0 unspecified atom stereocenters. The average molecular weight is 357 g/mol. The highest BCUT2D eigenvalue weighted by molar-refractivity contribution is 5.95. The van der Waals surface area contributed by atoms with E-state index in [2.05, 4.69) is 10.3 Å². The number of nitro benzene ring substituents is 1. The zero-order chi connectivity index (χ0) is 18.5. The molecule has 26 heavy (non-hydrogen) atoms. The Morgan fingerprint density at radius 3 is 2.81 bits per heavy atom. The van der Waals surface area contributed by atoms with Crippen LogP contribution in [0.1, 0.15) is 36.5 Å². The van der Waals surface area contributed by atoms with Gasteiger partial charge in [-0.25, -0.2) is 4.98 Å². The third-order valence-electron chi connectivity index (χ3n) is 4.68. The Hall–Kier alpha value is -2.74. The molecule has 8 nitrogen and oxygen atoms in total.